The van der Waals surface area contributed by atoms with E-state index in [0.29, 0.717) is 19.0 Å². The number of guanidine groups is 1. The SMILES string of the molecule is CN=C(NCCC(=O)Nc1cc(Br)ccc1C)NC1CCCCC1. The number of hydrogen-bond donors (Lipinski definition) is 3. The Balaban J connectivity index is 1.73. The first-order chi connectivity index (χ1) is 11.6. The summed E-state index contributed by atoms with van der Waals surface area (Å²) in [5.41, 5.74) is 1.90. The van der Waals surface area contributed by atoms with Gasteiger partial charge < -0.3 is 16.0 Å². The van der Waals surface area contributed by atoms with Gasteiger partial charge in [0.1, 0.15) is 0 Å². The molecule has 0 spiro atoms. The molecule has 0 saturated heterocycles. The van der Waals surface area contributed by atoms with Crippen molar-refractivity contribution in [2.45, 2.75) is 51.5 Å². The number of aryl methyl sites for hydroxylation is 1. The first kappa shape index (κ1) is 18.8. The topological polar surface area (TPSA) is 65.5 Å². The third-order valence-corrected chi connectivity index (χ3v) is 4.78. The van der Waals surface area contributed by atoms with E-state index >= 15 is 0 Å². The van der Waals surface area contributed by atoms with E-state index in [9.17, 15) is 4.79 Å². The number of halogens is 1. The summed E-state index contributed by atoms with van der Waals surface area (Å²) in [4.78, 5) is 16.4. The van der Waals surface area contributed by atoms with E-state index in [1.807, 2.05) is 25.1 Å². The van der Waals surface area contributed by atoms with Crippen molar-refractivity contribution >= 4 is 33.5 Å². The Morgan fingerprint density at radius 1 is 1.29 bits per heavy atom. The smallest absolute Gasteiger partial charge is 0.226 e. The number of rotatable bonds is 5. The molecule has 3 N–H and O–H groups in total. The van der Waals surface area contributed by atoms with Crippen LogP contribution in [0.4, 0.5) is 5.69 Å². The average molecular weight is 395 g/mol. The van der Waals surface area contributed by atoms with Crippen LogP contribution in [0.5, 0.6) is 0 Å². The van der Waals surface area contributed by atoms with E-state index in [1.54, 1.807) is 7.05 Å². The molecule has 24 heavy (non-hydrogen) atoms. The van der Waals surface area contributed by atoms with E-state index in [2.05, 4.69) is 36.9 Å². The van der Waals surface area contributed by atoms with Gasteiger partial charge in [-0.05, 0) is 37.5 Å². The van der Waals surface area contributed by atoms with Gasteiger partial charge in [0, 0.05) is 36.2 Å². The molecule has 132 valence electrons. The fraction of sp³-hybridized carbons (Fsp3) is 0.556. The molecule has 1 aliphatic carbocycles. The third kappa shape index (κ3) is 6.15. The number of carbonyl (C=O) groups is 1. The van der Waals surface area contributed by atoms with Crippen molar-refractivity contribution in [1.82, 2.24) is 10.6 Å². The maximum atomic E-state index is 12.1. The first-order valence-corrected chi connectivity index (χ1v) is 9.41. The van der Waals surface area contributed by atoms with Crippen LogP contribution in [-0.2, 0) is 4.79 Å². The highest BCUT2D eigenvalue weighted by Crippen LogP contribution is 2.20. The Labute approximate surface area is 152 Å². The second-order valence-corrected chi connectivity index (χ2v) is 7.15. The van der Waals surface area contributed by atoms with Crippen LogP contribution in [0.25, 0.3) is 0 Å². The van der Waals surface area contributed by atoms with Gasteiger partial charge in [-0.3, -0.25) is 9.79 Å². The van der Waals surface area contributed by atoms with Gasteiger partial charge in [-0.15, -0.1) is 0 Å². The Morgan fingerprint density at radius 2 is 2.04 bits per heavy atom. The molecule has 0 heterocycles. The van der Waals surface area contributed by atoms with Gasteiger partial charge in [-0.2, -0.15) is 0 Å². The molecular formula is C18H27BrN4O. The van der Waals surface area contributed by atoms with Crippen LogP contribution in [-0.4, -0.2) is 31.5 Å². The number of amides is 1. The number of hydrogen-bond acceptors (Lipinski definition) is 2. The van der Waals surface area contributed by atoms with Gasteiger partial charge in [0.25, 0.3) is 0 Å². The minimum Gasteiger partial charge on any atom is -0.356 e. The lowest BCUT2D eigenvalue weighted by atomic mass is 9.96. The van der Waals surface area contributed by atoms with E-state index in [4.69, 9.17) is 0 Å². The molecule has 0 unspecified atom stereocenters. The molecule has 2 rings (SSSR count). The minimum atomic E-state index is -0.00294. The van der Waals surface area contributed by atoms with Crippen LogP contribution in [0.3, 0.4) is 0 Å². The molecule has 1 aromatic carbocycles. The summed E-state index contributed by atoms with van der Waals surface area (Å²) in [6, 6.07) is 6.37. The van der Waals surface area contributed by atoms with Gasteiger partial charge in [-0.1, -0.05) is 41.3 Å². The monoisotopic (exact) mass is 394 g/mol. The maximum absolute atomic E-state index is 12.1. The number of nitrogens with zero attached hydrogens (tertiary/aromatic N) is 1. The molecule has 6 heteroatoms. The van der Waals surface area contributed by atoms with Crippen molar-refractivity contribution in [1.29, 1.82) is 0 Å². The maximum Gasteiger partial charge on any atom is 0.226 e. The lowest BCUT2D eigenvalue weighted by Crippen LogP contribution is -2.44. The molecule has 1 aromatic rings. The zero-order chi connectivity index (χ0) is 17.4. The Hall–Kier alpha value is -1.56. The summed E-state index contributed by atoms with van der Waals surface area (Å²) in [7, 11) is 1.77. The Kier molecular flexibility index (Phi) is 7.56. The van der Waals surface area contributed by atoms with E-state index in [0.717, 1.165) is 21.7 Å². The molecule has 0 aliphatic heterocycles. The quantitative estimate of drug-likeness (QED) is 0.528. The number of benzene rings is 1. The van der Waals surface area contributed by atoms with Crippen LogP contribution in [0.1, 0.15) is 44.1 Å². The minimum absolute atomic E-state index is 0.00294. The second kappa shape index (κ2) is 9.67. The van der Waals surface area contributed by atoms with Crippen LogP contribution >= 0.6 is 15.9 Å². The fourth-order valence-corrected chi connectivity index (χ4v) is 3.23. The summed E-state index contributed by atoms with van der Waals surface area (Å²) < 4.78 is 0.957. The van der Waals surface area contributed by atoms with E-state index < -0.39 is 0 Å². The summed E-state index contributed by atoms with van der Waals surface area (Å²) in [6.45, 7) is 2.54. The number of aliphatic imine (C=N–C) groups is 1. The zero-order valence-corrected chi connectivity index (χ0v) is 16.1. The third-order valence-electron chi connectivity index (χ3n) is 4.29. The summed E-state index contributed by atoms with van der Waals surface area (Å²) >= 11 is 3.43. The van der Waals surface area contributed by atoms with Crippen LogP contribution < -0.4 is 16.0 Å². The largest absolute Gasteiger partial charge is 0.356 e. The van der Waals surface area contributed by atoms with Crippen LogP contribution in [0.15, 0.2) is 27.7 Å². The van der Waals surface area contributed by atoms with E-state index in [1.165, 1.54) is 32.1 Å². The second-order valence-electron chi connectivity index (χ2n) is 6.24. The predicted molar refractivity (Wildman–Crippen MR) is 103 cm³/mol. The molecule has 1 fully saturated rings. The van der Waals surface area contributed by atoms with Crippen molar-refractivity contribution < 1.29 is 4.79 Å². The van der Waals surface area contributed by atoms with Gasteiger partial charge >= 0.3 is 0 Å². The number of anilines is 1. The highest BCUT2D eigenvalue weighted by molar-refractivity contribution is 9.10. The zero-order valence-electron chi connectivity index (χ0n) is 14.5. The van der Waals surface area contributed by atoms with Gasteiger partial charge in [0.05, 0.1) is 0 Å². The highest BCUT2D eigenvalue weighted by Gasteiger charge is 2.14. The van der Waals surface area contributed by atoms with Crippen LogP contribution in [0.2, 0.25) is 0 Å². The molecular weight excluding hydrogens is 368 g/mol. The molecule has 0 radical (unpaired) electrons. The molecule has 0 aromatic heterocycles. The summed E-state index contributed by atoms with van der Waals surface area (Å²) in [6.07, 6.45) is 6.69. The van der Waals surface area contributed by atoms with Crippen LogP contribution in [0, 0.1) is 6.92 Å². The van der Waals surface area contributed by atoms with Crippen molar-refractivity contribution in [3.05, 3.63) is 28.2 Å². The molecule has 1 aliphatic rings. The van der Waals surface area contributed by atoms with Gasteiger partial charge in [0.15, 0.2) is 5.96 Å². The number of carbonyl (C=O) groups excluding carboxylic acids is 1. The van der Waals surface area contributed by atoms with E-state index in [-0.39, 0.29) is 5.91 Å². The van der Waals surface area contributed by atoms with Gasteiger partial charge in [0.2, 0.25) is 5.91 Å². The lowest BCUT2D eigenvalue weighted by Gasteiger charge is -2.24. The molecule has 0 bridgehead atoms. The molecule has 1 saturated carbocycles. The van der Waals surface area contributed by atoms with Gasteiger partial charge in [-0.25, -0.2) is 0 Å². The van der Waals surface area contributed by atoms with Crippen molar-refractivity contribution in [2.75, 3.05) is 18.9 Å². The normalized spacial score (nSPS) is 15.9. The standard InChI is InChI=1S/C18H27BrN4O/c1-13-8-9-14(19)12-16(13)23-17(24)10-11-21-18(20-2)22-15-6-4-3-5-7-15/h8-9,12,15H,3-7,10-11H2,1-2H3,(H,23,24)(H2,20,21,22). The average Bonchev–Trinajstić information content (AvgIpc) is 2.58. The van der Waals surface area contributed by atoms with Crippen molar-refractivity contribution in [2.24, 2.45) is 4.99 Å². The molecule has 1 amide bonds. The summed E-state index contributed by atoms with van der Waals surface area (Å²) in [5, 5.41) is 9.63. The first-order valence-electron chi connectivity index (χ1n) is 8.61. The Morgan fingerprint density at radius 3 is 2.75 bits per heavy atom. The molecule has 0 atom stereocenters. The Bertz CT molecular complexity index is 582. The molecule has 5 nitrogen and oxygen atoms in total. The lowest BCUT2D eigenvalue weighted by molar-refractivity contribution is -0.116. The predicted octanol–water partition coefficient (Wildman–Crippen LogP) is 3.58. The number of nitrogens with one attached hydrogen (secondary N) is 3. The van der Waals surface area contributed by atoms with Crippen molar-refractivity contribution in [3.63, 3.8) is 0 Å². The summed E-state index contributed by atoms with van der Waals surface area (Å²) in [5.74, 6) is 0.783. The van der Waals surface area contributed by atoms with Crippen molar-refractivity contribution in [3.8, 4) is 0 Å². The fourth-order valence-electron chi connectivity index (χ4n) is 2.87. The highest BCUT2D eigenvalue weighted by atomic mass is 79.9.